The maximum atomic E-state index is 3.81. The minimum atomic E-state index is 0. The second-order valence-electron chi connectivity index (χ2n) is 9.70. The molecule has 0 aromatic rings. The van der Waals surface area contributed by atoms with Crippen LogP contribution in [-0.2, 0) is 0 Å². The van der Waals surface area contributed by atoms with E-state index in [-0.39, 0.29) is 17.0 Å². The van der Waals surface area contributed by atoms with Crippen LogP contribution in [0.1, 0.15) is 104 Å². The molecule has 2 heterocycles. The fourth-order valence-electron chi connectivity index (χ4n) is 4.29. The Kier molecular flexibility index (Phi) is 25.2. The van der Waals surface area contributed by atoms with Crippen LogP contribution in [0.4, 0.5) is 0 Å². The number of unbranched alkanes of at least 4 members (excludes halogenated alkanes) is 6. The van der Waals surface area contributed by atoms with Crippen molar-refractivity contribution in [3.05, 3.63) is 6.92 Å². The van der Waals surface area contributed by atoms with Gasteiger partial charge in [0.1, 0.15) is 0 Å². The first-order valence-electron chi connectivity index (χ1n) is 12.9. The zero-order chi connectivity index (χ0) is 21.8. The van der Waals surface area contributed by atoms with Gasteiger partial charge >= 0.3 is 0 Å². The summed E-state index contributed by atoms with van der Waals surface area (Å²) in [5.41, 5.74) is 0. The Bertz CT molecular complexity index is 323. The molecular formula is C26H55Br2N2+. The number of rotatable bonds is 12. The highest BCUT2D eigenvalue weighted by molar-refractivity contribution is 9.09. The topological polar surface area (TPSA) is 3.24 Å². The van der Waals surface area contributed by atoms with E-state index in [1.165, 1.54) is 121 Å². The Balaban J connectivity index is 0. The third kappa shape index (κ3) is 19.4. The quantitative estimate of drug-likeness (QED) is 0.146. The molecule has 0 N–H and O–H groups in total. The molecule has 0 radical (unpaired) electrons. The summed E-state index contributed by atoms with van der Waals surface area (Å²) in [6.45, 7) is 15.3. The van der Waals surface area contributed by atoms with Crippen LogP contribution in [0.3, 0.4) is 0 Å². The molecule has 0 saturated carbocycles. The van der Waals surface area contributed by atoms with Crippen LogP contribution in [0.25, 0.3) is 0 Å². The second-order valence-corrected chi connectivity index (χ2v) is 10.3. The third-order valence-electron chi connectivity index (χ3n) is 6.69. The number of halogens is 2. The predicted octanol–water partition coefficient (Wildman–Crippen LogP) is 4.72. The number of likely N-dealkylation sites (tertiary alicyclic amines) is 2. The molecule has 2 nitrogen and oxygen atoms in total. The molecule has 4 heteroatoms. The third-order valence-corrected chi connectivity index (χ3v) is 7.60. The van der Waals surface area contributed by atoms with E-state index in [2.05, 4.69) is 55.7 Å². The van der Waals surface area contributed by atoms with E-state index in [9.17, 15) is 0 Å². The molecule has 2 rings (SSSR count). The molecule has 182 valence electrons. The van der Waals surface area contributed by atoms with Gasteiger partial charge in [-0.25, -0.2) is 0 Å². The maximum absolute atomic E-state index is 3.81. The van der Waals surface area contributed by atoms with Crippen molar-refractivity contribution in [2.45, 2.75) is 104 Å². The Morgan fingerprint density at radius 2 is 1.47 bits per heavy atom. The smallest absolute Gasteiger partial charge is 0.0850 e. The van der Waals surface area contributed by atoms with Gasteiger partial charge in [0.2, 0.25) is 0 Å². The van der Waals surface area contributed by atoms with Gasteiger partial charge in [-0.15, -0.1) is 0 Å². The molecule has 0 aliphatic carbocycles. The highest BCUT2D eigenvalue weighted by Crippen LogP contribution is 2.18. The van der Waals surface area contributed by atoms with Crippen molar-refractivity contribution in [2.75, 3.05) is 52.1 Å². The Labute approximate surface area is 210 Å². The normalized spacial score (nSPS) is 18.6. The van der Waals surface area contributed by atoms with Gasteiger partial charge in [-0.1, -0.05) is 61.9 Å². The van der Waals surface area contributed by atoms with Crippen LogP contribution in [-0.4, -0.2) is 61.5 Å². The fourth-order valence-corrected chi connectivity index (χ4v) is 5.08. The van der Waals surface area contributed by atoms with Crippen molar-refractivity contribution in [3.8, 4) is 0 Å². The van der Waals surface area contributed by atoms with Crippen LogP contribution >= 0.6 is 15.9 Å². The number of alkyl halides is 1. The summed E-state index contributed by atoms with van der Waals surface area (Å²) in [5, 5.41) is 1.16. The van der Waals surface area contributed by atoms with Gasteiger partial charge in [-0.05, 0) is 64.6 Å². The van der Waals surface area contributed by atoms with Crippen molar-refractivity contribution >= 4 is 15.9 Å². The molecule has 0 aromatic carbocycles. The summed E-state index contributed by atoms with van der Waals surface area (Å²) in [6, 6.07) is 0. The number of hydrogen-bond acceptors (Lipinski definition) is 1. The van der Waals surface area contributed by atoms with E-state index in [1.54, 1.807) is 0 Å². The lowest BCUT2D eigenvalue weighted by atomic mass is 10.0. The molecule has 2 saturated heterocycles. The highest BCUT2D eigenvalue weighted by atomic mass is 79.9. The summed E-state index contributed by atoms with van der Waals surface area (Å²) in [4.78, 5) is 2.36. The Hall–Kier alpha value is 0.750. The molecule has 0 bridgehead atoms. The monoisotopic (exact) mass is 553 g/mol. The van der Waals surface area contributed by atoms with Crippen LogP contribution in [0.5, 0.6) is 0 Å². The minimum Gasteiger partial charge on any atom is -1.00 e. The summed E-state index contributed by atoms with van der Waals surface area (Å²) < 4.78 is 1.37. The van der Waals surface area contributed by atoms with Crippen molar-refractivity contribution in [1.29, 1.82) is 0 Å². The van der Waals surface area contributed by atoms with E-state index in [1.807, 2.05) is 0 Å². The summed E-state index contributed by atoms with van der Waals surface area (Å²) >= 11 is 3.49. The zero-order valence-corrected chi connectivity index (χ0v) is 24.2. The van der Waals surface area contributed by atoms with E-state index in [0.29, 0.717) is 0 Å². The van der Waals surface area contributed by atoms with Crippen molar-refractivity contribution in [1.82, 2.24) is 4.90 Å². The Morgan fingerprint density at radius 3 is 1.90 bits per heavy atom. The Morgan fingerprint density at radius 1 is 0.900 bits per heavy atom. The van der Waals surface area contributed by atoms with Crippen LogP contribution in [0.15, 0.2) is 0 Å². The lowest BCUT2D eigenvalue weighted by Gasteiger charge is -2.29. The molecule has 1 atom stereocenters. The van der Waals surface area contributed by atoms with Gasteiger partial charge in [-0.3, -0.25) is 0 Å². The van der Waals surface area contributed by atoms with Gasteiger partial charge < -0.3 is 26.4 Å². The SMILES string of the molecule is CCCCCCCC[N+]1(C)CCCC1.CN1CCCC1.[Br-].[CH2+]CCCC(CC)CBr. The van der Waals surface area contributed by atoms with E-state index < -0.39 is 0 Å². The first-order chi connectivity index (χ1) is 14.0. The fraction of sp³-hybridized carbons (Fsp3) is 0.962. The predicted molar refractivity (Wildman–Crippen MR) is 137 cm³/mol. The summed E-state index contributed by atoms with van der Waals surface area (Å²) in [7, 11) is 4.62. The number of hydrogen-bond donors (Lipinski definition) is 0. The van der Waals surface area contributed by atoms with Crippen molar-refractivity contribution < 1.29 is 21.5 Å². The standard InChI is InChI=1S/C13H28N.C8H16Br.C5H11N.BrH/c1-3-4-5-6-7-8-11-14(2)12-9-10-13-14;1-3-5-6-8(4-2)7-9;1-6-4-2-3-5-6;/h3-13H2,1-2H3;8H,1,3-7H2,2H3;2-5H2,1H3;1H/q2*+1;;/p-1. The van der Waals surface area contributed by atoms with E-state index >= 15 is 0 Å². The molecule has 0 amide bonds. The molecular weight excluding hydrogens is 500 g/mol. The second kappa shape index (κ2) is 22.9. The van der Waals surface area contributed by atoms with Gasteiger partial charge in [0, 0.05) is 18.2 Å². The van der Waals surface area contributed by atoms with Gasteiger partial charge in [0.05, 0.1) is 40.0 Å². The van der Waals surface area contributed by atoms with Crippen LogP contribution in [0.2, 0.25) is 0 Å². The molecule has 2 aliphatic heterocycles. The molecule has 1 unspecified atom stereocenters. The lowest BCUT2D eigenvalue weighted by Crippen LogP contribution is -3.00. The van der Waals surface area contributed by atoms with Crippen molar-refractivity contribution in [3.63, 3.8) is 0 Å². The van der Waals surface area contributed by atoms with Crippen molar-refractivity contribution in [2.24, 2.45) is 5.92 Å². The first-order valence-corrected chi connectivity index (χ1v) is 14.0. The molecule has 2 fully saturated rings. The first kappa shape index (κ1) is 32.9. The average molecular weight is 556 g/mol. The molecule has 0 aromatic heterocycles. The molecule has 0 spiro atoms. The van der Waals surface area contributed by atoms with Gasteiger partial charge in [-0.2, -0.15) is 0 Å². The largest absolute Gasteiger partial charge is 1.00 e. The number of nitrogens with zero attached hydrogens (tertiary/aromatic N) is 2. The zero-order valence-electron chi connectivity index (χ0n) is 21.1. The van der Waals surface area contributed by atoms with Gasteiger partial charge in [0.15, 0.2) is 0 Å². The molecule has 30 heavy (non-hydrogen) atoms. The summed E-state index contributed by atoms with van der Waals surface area (Å²) in [6.07, 6.45) is 19.4. The van der Waals surface area contributed by atoms with Crippen LogP contribution < -0.4 is 17.0 Å². The molecule has 2 aliphatic rings. The number of quaternary nitrogens is 1. The minimum absolute atomic E-state index is 0. The lowest BCUT2D eigenvalue weighted by molar-refractivity contribution is -0.897. The van der Waals surface area contributed by atoms with E-state index in [0.717, 1.165) is 17.7 Å². The van der Waals surface area contributed by atoms with E-state index in [4.69, 9.17) is 0 Å². The maximum Gasteiger partial charge on any atom is 0.0850 e. The highest BCUT2D eigenvalue weighted by Gasteiger charge is 2.25. The van der Waals surface area contributed by atoms with Gasteiger partial charge in [0.25, 0.3) is 0 Å². The summed E-state index contributed by atoms with van der Waals surface area (Å²) in [5.74, 6) is 0.881. The van der Waals surface area contributed by atoms with Crippen LogP contribution in [0, 0.1) is 12.8 Å². The average Bonchev–Trinajstić information content (AvgIpc) is 3.38.